The Morgan fingerprint density at radius 1 is 1.03 bits per heavy atom. The maximum atomic E-state index is 12.3. The van der Waals surface area contributed by atoms with E-state index in [2.05, 4.69) is 15.2 Å². The second kappa shape index (κ2) is 10.2. The molecule has 0 saturated heterocycles. The quantitative estimate of drug-likeness (QED) is 0.588. The van der Waals surface area contributed by atoms with Gasteiger partial charge in [0.05, 0.1) is 32.4 Å². The molecular weight excluding hydrogens is 398 g/mol. The number of aromatic nitrogens is 2. The van der Waals surface area contributed by atoms with Gasteiger partial charge in [0.1, 0.15) is 0 Å². The van der Waals surface area contributed by atoms with Gasteiger partial charge in [0.25, 0.3) is 5.56 Å². The van der Waals surface area contributed by atoms with Crippen molar-refractivity contribution in [3.8, 4) is 11.3 Å². The molecule has 31 heavy (non-hydrogen) atoms. The van der Waals surface area contributed by atoms with Crippen LogP contribution >= 0.6 is 0 Å². The molecule has 0 unspecified atom stereocenters. The lowest BCUT2D eigenvalue weighted by molar-refractivity contribution is -0.139. The predicted molar refractivity (Wildman–Crippen MR) is 116 cm³/mol. The molecule has 1 amide bonds. The van der Waals surface area contributed by atoms with Gasteiger partial charge in [-0.05, 0) is 36.2 Å². The number of anilines is 1. The molecule has 1 aromatic heterocycles. The molecule has 0 aliphatic heterocycles. The van der Waals surface area contributed by atoms with Crippen molar-refractivity contribution in [3.05, 3.63) is 82.1 Å². The molecule has 0 atom stereocenters. The van der Waals surface area contributed by atoms with Gasteiger partial charge in [-0.15, -0.1) is 0 Å². The molecule has 0 fully saturated rings. The zero-order valence-corrected chi connectivity index (χ0v) is 17.3. The third-order valence-electron chi connectivity index (χ3n) is 4.47. The van der Waals surface area contributed by atoms with Gasteiger partial charge < -0.3 is 9.47 Å². The van der Waals surface area contributed by atoms with Gasteiger partial charge in [-0.1, -0.05) is 36.4 Å². The number of esters is 1. The zero-order chi connectivity index (χ0) is 22.2. The van der Waals surface area contributed by atoms with Crippen LogP contribution in [0.5, 0.6) is 0 Å². The maximum Gasteiger partial charge on any atom is 0.411 e. The predicted octanol–water partition coefficient (Wildman–Crippen LogP) is 3.24. The van der Waals surface area contributed by atoms with Crippen molar-refractivity contribution in [1.82, 2.24) is 9.78 Å². The number of nitrogens with one attached hydrogen (secondary N) is 1. The largest absolute Gasteiger partial charge is 0.469 e. The molecule has 0 saturated carbocycles. The summed E-state index contributed by atoms with van der Waals surface area (Å²) in [5, 5.41) is 7.11. The first-order valence-corrected chi connectivity index (χ1v) is 9.75. The Bertz CT molecular complexity index is 1120. The molecule has 3 aromatic rings. The summed E-state index contributed by atoms with van der Waals surface area (Å²) < 4.78 is 10.9. The first-order chi connectivity index (χ1) is 15.0. The third-order valence-corrected chi connectivity index (χ3v) is 4.47. The van der Waals surface area contributed by atoms with E-state index in [1.54, 1.807) is 31.2 Å². The number of benzene rings is 2. The molecule has 2 aromatic carbocycles. The van der Waals surface area contributed by atoms with Gasteiger partial charge in [0.2, 0.25) is 0 Å². The van der Waals surface area contributed by atoms with Crippen LogP contribution in [0.1, 0.15) is 18.1 Å². The zero-order valence-electron chi connectivity index (χ0n) is 17.3. The summed E-state index contributed by atoms with van der Waals surface area (Å²) in [5.41, 5.74) is 3.41. The fraction of sp³-hybridized carbons (Fsp3) is 0.217. The van der Waals surface area contributed by atoms with E-state index in [0.717, 1.165) is 16.7 Å². The van der Waals surface area contributed by atoms with Crippen LogP contribution in [0.4, 0.5) is 10.5 Å². The molecule has 0 bridgehead atoms. The highest BCUT2D eigenvalue weighted by Crippen LogP contribution is 2.17. The number of methoxy groups -OCH3 is 1. The second-order valence-electron chi connectivity index (χ2n) is 6.71. The summed E-state index contributed by atoms with van der Waals surface area (Å²) in [7, 11) is 1.35. The van der Waals surface area contributed by atoms with E-state index < -0.39 is 6.09 Å². The van der Waals surface area contributed by atoms with Gasteiger partial charge in [0.15, 0.2) is 0 Å². The Morgan fingerprint density at radius 2 is 1.81 bits per heavy atom. The maximum absolute atomic E-state index is 12.3. The van der Waals surface area contributed by atoms with E-state index in [0.29, 0.717) is 11.4 Å². The molecule has 0 aliphatic carbocycles. The molecule has 0 aliphatic rings. The highest BCUT2D eigenvalue weighted by molar-refractivity contribution is 5.84. The summed E-state index contributed by atoms with van der Waals surface area (Å²) in [4.78, 5) is 35.3. The van der Waals surface area contributed by atoms with E-state index in [9.17, 15) is 14.4 Å². The van der Waals surface area contributed by atoms with Crippen LogP contribution in [0.2, 0.25) is 0 Å². The summed E-state index contributed by atoms with van der Waals surface area (Å²) in [6.07, 6.45) is -0.340. The van der Waals surface area contributed by atoms with Crippen LogP contribution in [0, 0.1) is 0 Å². The fourth-order valence-corrected chi connectivity index (χ4v) is 2.95. The van der Waals surface area contributed by atoms with Crippen molar-refractivity contribution in [2.75, 3.05) is 19.0 Å². The number of amides is 1. The summed E-state index contributed by atoms with van der Waals surface area (Å²) in [6, 6.07) is 17.6. The third kappa shape index (κ3) is 6.02. The number of ether oxygens (including phenoxy) is 2. The molecule has 0 radical (unpaired) electrons. The number of carbonyl (C=O) groups excluding carboxylic acids is 2. The highest BCUT2D eigenvalue weighted by Gasteiger charge is 2.08. The van der Waals surface area contributed by atoms with Crippen LogP contribution in [0.15, 0.2) is 65.5 Å². The van der Waals surface area contributed by atoms with Crippen LogP contribution in [-0.2, 0) is 27.2 Å². The molecular formula is C23H23N3O5. The SMILES string of the molecule is CCOC(=O)Nc1cccc(Cn2nc(-c3ccc(CC(=O)OC)cc3)ccc2=O)c1. The van der Waals surface area contributed by atoms with Crippen molar-refractivity contribution in [1.29, 1.82) is 0 Å². The number of nitrogens with zero attached hydrogens (tertiary/aromatic N) is 2. The molecule has 1 N–H and O–H groups in total. The Balaban J connectivity index is 1.78. The Hall–Kier alpha value is -3.94. The summed E-state index contributed by atoms with van der Waals surface area (Å²) in [6.45, 7) is 2.25. The molecule has 0 spiro atoms. The van der Waals surface area contributed by atoms with Crippen molar-refractivity contribution in [2.24, 2.45) is 0 Å². The Kier molecular flexibility index (Phi) is 7.16. The molecule has 1 heterocycles. The van der Waals surface area contributed by atoms with Crippen LogP contribution in [-0.4, -0.2) is 35.6 Å². The summed E-state index contributed by atoms with van der Waals surface area (Å²) >= 11 is 0. The number of hydrogen-bond acceptors (Lipinski definition) is 6. The lowest BCUT2D eigenvalue weighted by atomic mass is 10.1. The molecule has 8 heteroatoms. The normalized spacial score (nSPS) is 10.4. The number of hydrogen-bond donors (Lipinski definition) is 1. The van der Waals surface area contributed by atoms with Crippen LogP contribution in [0.3, 0.4) is 0 Å². The number of carbonyl (C=O) groups is 2. The van der Waals surface area contributed by atoms with Crippen molar-refractivity contribution >= 4 is 17.7 Å². The molecule has 3 rings (SSSR count). The van der Waals surface area contributed by atoms with Crippen molar-refractivity contribution in [3.63, 3.8) is 0 Å². The second-order valence-corrected chi connectivity index (χ2v) is 6.71. The summed E-state index contributed by atoms with van der Waals surface area (Å²) in [5.74, 6) is -0.306. The van der Waals surface area contributed by atoms with Crippen LogP contribution < -0.4 is 10.9 Å². The van der Waals surface area contributed by atoms with E-state index >= 15 is 0 Å². The fourth-order valence-electron chi connectivity index (χ4n) is 2.95. The smallest absolute Gasteiger partial charge is 0.411 e. The standard InChI is InChI=1S/C23H23N3O5/c1-3-31-23(29)24-19-6-4-5-17(13-19)15-26-21(27)12-11-20(25-26)18-9-7-16(8-10-18)14-22(28)30-2/h4-13H,3,14-15H2,1-2H3,(H,24,29). The lowest BCUT2D eigenvalue weighted by Gasteiger charge is -2.10. The topological polar surface area (TPSA) is 99.5 Å². The van der Waals surface area contributed by atoms with E-state index in [1.165, 1.54) is 17.9 Å². The first-order valence-electron chi connectivity index (χ1n) is 9.75. The Labute approximate surface area is 179 Å². The van der Waals surface area contributed by atoms with E-state index in [1.807, 2.05) is 30.3 Å². The Morgan fingerprint density at radius 3 is 2.52 bits per heavy atom. The van der Waals surface area contributed by atoms with Crippen molar-refractivity contribution in [2.45, 2.75) is 19.9 Å². The van der Waals surface area contributed by atoms with Crippen molar-refractivity contribution < 1.29 is 19.1 Å². The molecule has 160 valence electrons. The average molecular weight is 421 g/mol. The minimum atomic E-state index is -0.535. The highest BCUT2D eigenvalue weighted by atomic mass is 16.5. The van der Waals surface area contributed by atoms with Crippen LogP contribution in [0.25, 0.3) is 11.3 Å². The van der Waals surface area contributed by atoms with E-state index in [-0.39, 0.29) is 31.1 Å². The monoisotopic (exact) mass is 421 g/mol. The minimum Gasteiger partial charge on any atom is -0.469 e. The van der Waals surface area contributed by atoms with Gasteiger partial charge >= 0.3 is 12.1 Å². The number of rotatable bonds is 7. The van der Waals surface area contributed by atoms with Gasteiger partial charge in [0, 0.05) is 17.3 Å². The van der Waals surface area contributed by atoms with Gasteiger partial charge in [-0.25, -0.2) is 9.48 Å². The lowest BCUT2D eigenvalue weighted by Crippen LogP contribution is -2.23. The van der Waals surface area contributed by atoms with Gasteiger partial charge in [-0.2, -0.15) is 5.10 Å². The minimum absolute atomic E-state index is 0.194. The van der Waals surface area contributed by atoms with E-state index in [4.69, 9.17) is 4.74 Å². The molecule has 8 nitrogen and oxygen atoms in total. The average Bonchev–Trinajstić information content (AvgIpc) is 2.76. The van der Waals surface area contributed by atoms with Gasteiger partial charge in [-0.3, -0.25) is 14.9 Å². The first kappa shape index (κ1) is 21.8.